The number of aromatic nitrogens is 2. The lowest BCUT2D eigenvalue weighted by Gasteiger charge is -2.36. The van der Waals surface area contributed by atoms with E-state index in [1.165, 1.54) is 11.3 Å². The van der Waals surface area contributed by atoms with Crippen LogP contribution in [0.3, 0.4) is 0 Å². The van der Waals surface area contributed by atoms with Crippen molar-refractivity contribution in [2.24, 2.45) is 0 Å². The summed E-state index contributed by atoms with van der Waals surface area (Å²) in [6.07, 6.45) is 0. The molecule has 0 N–H and O–H groups in total. The molecule has 4 heterocycles. The maximum Gasteiger partial charge on any atom is 0.264 e. The van der Waals surface area contributed by atoms with E-state index < -0.39 is 0 Å². The van der Waals surface area contributed by atoms with Crippen LogP contribution in [0, 0.1) is 6.92 Å². The highest BCUT2D eigenvalue weighted by Crippen LogP contribution is 2.33. The van der Waals surface area contributed by atoms with Gasteiger partial charge in [-0.25, -0.2) is 4.68 Å². The van der Waals surface area contributed by atoms with E-state index in [0.29, 0.717) is 55.8 Å². The number of amides is 2. The maximum atomic E-state index is 13.2. The van der Waals surface area contributed by atoms with Gasteiger partial charge in [0, 0.05) is 44.7 Å². The zero-order chi connectivity index (χ0) is 22.9. The molecule has 33 heavy (non-hydrogen) atoms. The number of fused-ring (bicyclic) bond motifs is 1. The summed E-state index contributed by atoms with van der Waals surface area (Å²) in [5.41, 5.74) is 1.66. The van der Waals surface area contributed by atoms with Gasteiger partial charge in [-0.1, -0.05) is 23.7 Å². The molecule has 0 bridgehead atoms. The standard InChI is InChI=1S/C23H26ClN5O3S/c1-16-17-14-20(33-23(17)29(25-16)19-5-3-2-4-18(19)24)22(31)28-8-6-27(7-9-28)21(30)15-26-10-12-32-13-11-26/h2-5,14H,6-13,15H2,1H3. The highest BCUT2D eigenvalue weighted by atomic mass is 35.5. The van der Waals surface area contributed by atoms with Gasteiger partial charge in [0.2, 0.25) is 5.91 Å². The van der Waals surface area contributed by atoms with Crippen molar-refractivity contribution in [2.45, 2.75) is 6.92 Å². The Labute approximate surface area is 201 Å². The lowest BCUT2D eigenvalue weighted by Crippen LogP contribution is -2.53. The molecule has 5 rings (SSSR count). The van der Waals surface area contributed by atoms with Gasteiger partial charge in [-0.15, -0.1) is 11.3 Å². The molecule has 2 saturated heterocycles. The van der Waals surface area contributed by atoms with E-state index in [4.69, 9.17) is 16.3 Å². The number of nitrogens with zero attached hydrogens (tertiary/aromatic N) is 5. The molecule has 10 heteroatoms. The number of halogens is 1. The molecule has 0 radical (unpaired) electrons. The smallest absolute Gasteiger partial charge is 0.264 e. The highest BCUT2D eigenvalue weighted by Gasteiger charge is 2.28. The molecule has 3 aromatic rings. The number of ether oxygens (including phenoxy) is 1. The van der Waals surface area contributed by atoms with Gasteiger partial charge < -0.3 is 14.5 Å². The first-order valence-corrected chi connectivity index (χ1v) is 12.3. The number of hydrogen-bond donors (Lipinski definition) is 0. The first-order chi connectivity index (χ1) is 16.0. The fourth-order valence-electron chi connectivity index (χ4n) is 4.30. The van der Waals surface area contributed by atoms with Gasteiger partial charge in [-0.2, -0.15) is 5.10 Å². The number of hydrogen-bond acceptors (Lipinski definition) is 6. The van der Waals surface area contributed by atoms with Crippen molar-refractivity contribution in [3.8, 4) is 5.69 Å². The van der Waals surface area contributed by atoms with Crippen LogP contribution in [-0.2, 0) is 9.53 Å². The Morgan fingerprint density at radius 2 is 1.76 bits per heavy atom. The van der Waals surface area contributed by atoms with Crippen molar-refractivity contribution in [1.82, 2.24) is 24.5 Å². The molecule has 0 spiro atoms. The predicted molar refractivity (Wildman–Crippen MR) is 128 cm³/mol. The van der Waals surface area contributed by atoms with Gasteiger partial charge in [0.05, 0.1) is 41.0 Å². The minimum Gasteiger partial charge on any atom is -0.379 e. The lowest BCUT2D eigenvalue weighted by atomic mass is 10.2. The first kappa shape index (κ1) is 22.3. The summed E-state index contributed by atoms with van der Waals surface area (Å²) in [7, 11) is 0. The van der Waals surface area contributed by atoms with Crippen LogP contribution in [0.4, 0.5) is 0 Å². The molecule has 174 valence electrons. The maximum absolute atomic E-state index is 13.2. The number of carbonyl (C=O) groups is 2. The van der Waals surface area contributed by atoms with Crippen LogP contribution in [0.2, 0.25) is 5.02 Å². The van der Waals surface area contributed by atoms with Crippen LogP contribution in [0.15, 0.2) is 30.3 Å². The van der Waals surface area contributed by atoms with Gasteiger partial charge in [0.15, 0.2) is 0 Å². The zero-order valence-corrected chi connectivity index (χ0v) is 20.1. The highest BCUT2D eigenvalue weighted by molar-refractivity contribution is 7.20. The summed E-state index contributed by atoms with van der Waals surface area (Å²) in [5.74, 6) is 0.128. The third-order valence-electron chi connectivity index (χ3n) is 6.22. The summed E-state index contributed by atoms with van der Waals surface area (Å²) < 4.78 is 7.17. The number of aryl methyl sites for hydroxylation is 1. The molecule has 2 aliphatic rings. The molecule has 0 unspecified atom stereocenters. The largest absolute Gasteiger partial charge is 0.379 e. The average molecular weight is 488 g/mol. The lowest BCUT2D eigenvalue weighted by molar-refractivity contribution is -0.134. The van der Waals surface area contributed by atoms with E-state index in [0.717, 1.165) is 34.7 Å². The van der Waals surface area contributed by atoms with Crippen molar-refractivity contribution in [3.63, 3.8) is 0 Å². The summed E-state index contributed by atoms with van der Waals surface area (Å²) in [6.45, 7) is 7.51. The fraction of sp³-hybridized carbons (Fsp3) is 0.435. The van der Waals surface area contributed by atoms with Crippen LogP contribution in [0.1, 0.15) is 15.4 Å². The molecular weight excluding hydrogens is 462 g/mol. The topological polar surface area (TPSA) is 70.9 Å². The van der Waals surface area contributed by atoms with Crippen molar-refractivity contribution in [3.05, 3.63) is 45.9 Å². The van der Waals surface area contributed by atoms with E-state index in [-0.39, 0.29) is 11.8 Å². The molecule has 2 amide bonds. The minimum absolute atomic E-state index is 0.00147. The number of morpholine rings is 1. The molecule has 1 aromatic carbocycles. The molecule has 8 nitrogen and oxygen atoms in total. The number of rotatable bonds is 4. The van der Waals surface area contributed by atoms with Gasteiger partial charge in [0.25, 0.3) is 5.91 Å². The monoisotopic (exact) mass is 487 g/mol. The second kappa shape index (κ2) is 9.42. The minimum atomic E-state index is 0.00147. The van der Waals surface area contributed by atoms with Gasteiger partial charge >= 0.3 is 0 Å². The molecule has 0 saturated carbocycles. The molecule has 0 atom stereocenters. The molecular formula is C23H26ClN5O3S. The Kier molecular flexibility index (Phi) is 6.38. The van der Waals surface area contributed by atoms with E-state index in [1.54, 1.807) is 0 Å². The Morgan fingerprint density at radius 1 is 1.06 bits per heavy atom. The van der Waals surface area contributed by atoms with Crippen LogP contribution in [-0.4, -0.2) is 95.3 Å². The number of para-hydroxylation sites is 1. The molecule has 0 aliphatic carbocycles. The van der Waals surface area contributed by atoms with E-state index >= 15 is 0 Å². The Balaban J connectivity index is 1.27. The second-order valence-corrected chi connectivity index (χ2v) is 9.78. The SMILES string of the molecule is Cc1nn(-c2ccccc2Cl)c2sc(C(=O)N3CCN(C(=O)CN4CCOCC4)CC3)cc12. The Hall–Kier alpha value is -2.46. The van der Waals surface area contributed by atoms with E-state index in [1.807, 2.05) is 51.7 Å². The number of piperazine rings is 1. The van der Waals surface area contributed by atoms with Crippen LogP contribution >= 0.6 is 22.9 Å². The number of thiophene rings is 1. The van der Waals surface area contributed by atoms with Crippen LogP contribution < -0.4 is 0 Å². The normalized spacial score (nSPS) is 17.6. The summed E-state index contributed by atoms with van der Waals surface area (Å²) in [5, 5.41) is 6.21. The molecule has 2 fully saturated rings. The van der Waals surface area contributed by atoms with Gasteiger partial charge in [-0.05, 0) is 25.1 Å². The summed E-state index contributed by atoms with van der Waals surface area (Å²) >= 11 is 7.82. The van der Waals surface area contributed by atoms with Gasteiger partial charge in [-0.3, -0.25) is 14.5 Å². The molecule has 2 aromatic heterocycles. The van der Waals surface area contributed by atoms with E-state index in [2.05, 4.69) is 10.00 Å². The average Bonchev–Trinajstić information content (AvgIpc) is 3.40. The third-order valence-corrected chi connectivity index (χ3v) is 7.64. The van der Waals surface area contributed by atoms with E-state index in [9.17, 15) is 9.59 Å². The van der Waals surface area contributed by atoms with Crippen molar-refractivity contribution >= 4 is 45.0 Å². The Morgan fingerprint density at radius 3 is 2.48 bits per heavy atom. The molecule has 2 aliphatic heterocycles. The predicted octanol–water partition coefficient (Wildman–Crippen LogP) is 2.67. The number of carbonyl (C=O) groups excluding carboxylic acids is 2. The summed E-state index contributed by atoms with van der Waals surface area (Å²) in [4.78, 5) is 33.3. The fourth-order valence-corrected chi connectivity index (χ4v) is 5.66. The zero-order valence-electron chi connectivity index (χ0n) is 18.5. The quantitative estimate of drug-likeness (QED) is 0.566. The summed E-state index contributed by atoms with van der Waals surface area (Å²) in [6, 6.07) is 9.48. The van der Waals surface area contributed by atoms with Crippen molar-refractivity contribution in [2.75, 3.05) is 59.0 Å². The van der Waals surface area contributed by atoms with Crippen LogP contribution in [0.25, 0.3) is 15.9 Å². The first-order valence-electron chi connectivity index (χ1n) is 11.1. The van der Waals surface area contributed by atoms with Crippen molar-refractivity contribution < 1.29 is 14.3 Å². The Bertz CT molecular complexity index is 1180. The number of benzene rings is 1. The van der Waals surface area contributed by atoms with Crippen molar-refractivity contribution in [1.29, 1.82) is 0 Å². The third kappa shape index (κ3) is 4.50. The van der Waals surface area contributed by atoms with Gasteiger partial charge in [0.1, 0.15) is 4.83 Å². The second-order valence-electron chi connectivity index (χ2n) is 8.34. The van der Waals surface area contributed by atoms with Crippen LogP contribution in [0.5, 0.6) is 0 Å².